The molecule has 1 aliphatic rings. The second kappa shape index (κ2) is 10.8. The summed E-state index contributed by atoms with van der Waals surface area (Å²) in [6.07, 6.45) is 5.48. The van der Waals surface area contributed by atoms with Gasteiger partial charge in [0.2, 0.25) is 11.0 Å². The van der Waals surface area contributed by atoms with Crippen molar-refractivity contribution in [1.82, 2.24) is 0 Å². The van der Waals surface area contributed by atoms with E-state index < -0.39 is 0 Å². The molecule has 0 aliphatic heterocycles. The molecule has 192 valence electrons. The van der Waals surface area contributed by atoms with Gasteiger partial charge in [-0.1, -0.05) is 107 Å². The van der Waals surface area contributed by atoms with Gasteiger partial charge in [0.25, 0.3) is 0 Å². The lowest BCUT2D eigenvalue weighted by atomic mass is 9.90. The van der Waals surface area contributed by atoms with Crippen LogP contribution in [0.5, 0.6) is 0 Å². The highest BCUT2D eigenvalue weighted by Crippen LogP contribution is 2.36. The number of hydrogen-bond acceptors (Lipinski definition) is 1. The zero-order chi connectivity index (χ0) is 26.8. The Balaban J connectivity index is 1.76. The Hall–Kier alpha value is -3.91. The van der Waals surface area contributed by atoms with Crippen molar-refractivity contribution >= 4 is 11.3 Å². The Labute approximate surface area is 227 Å². The number of para-hydroxylation sites is 1. The molecule has 1 aliphatic carbocycles. The Morgan fingerprint density at radius 2 is 1.37 bits per heavy atom. The Morgan fingerprint density at radius 1 is 0.737 bits per heavy atom. The molecule has 0 amide bonds. The van der Waals surface area contributed by atoms with E-state index in [0.717, 1.165) is 17.5 Å². The first kappa shape index (κ1) is 25.7. The van der Waals surface area contributed by atoms with E-state index in [1.165, 1.54) is 44.6 Å². The van der Waals surface area contributed by atoms with Gasteiger partial charge >= 0.3 is 0 Å². The van der Waals surface area contributed by atoms with Crippen LogP contribution < -0.4 is 14.9 Å². The molecule has 1 atom stereocenters. The Kier molecular flexibility index (Phi) is 7.33. The van der Waals surface area contributed by atoms with Crippen molar-refractivity contribution in [2.75, 3.05) is 5.32 Å². The second-order valence-corrected chi connectivity index (χ2v) is 11.0. The van der Waals surface area contributed by atoms with E-state index >= 15 is 0 Å². The van der Waals surface area contributed by atoms with Crippen LogP contribution in [0, 0.1) is 13.6 Å². The first-order chi connectivity index (χ1) is 18.4. The van der Waals surface area contributed by atoms with E-state index in [2.05, 4.69) is 148 Å². The van der Waals surface area contributed by atoms with Gasteiger partial charge in [0.05, 0.1) is 5.57 Å². The van der Waals surface area contributed by atoms with Gasteiger partial charge in [-0.15, -0.1) is 0 Å². The second-order valence-electron chi connectivity index (χ2n) is 11.0. The van der Waals surface area contributed by atoms with Crippen molar-refractivity contribution in [3.63, 3.8) is 0 Å². The van der Waals surface area contributed by atoms with Gasteiger partial charge in [-0.05, 0) is 64.6 Å². The van der Waals surface area contributed by atoms with Crippen LogP contribution in [-0.2, 0) is 6.42 Å². The van der Waals surface area contributed by atoms with Crippen LogP contribution in [0.2, 0.25) is 0 Å². The molecular formula is C36H39N2+. The lowest BCUT2D eigenvalue weighted by Crippen LogP contribution is -2.43. The van der Waals surface area contributed by atoms with Crippen LogP contribution in [0.4, 0.5) is 5.69 Å². The average molecular weight is 500 g/mol. The van der Waals surface area contributed by atoms with E-state index in [4.69, 9.17) is 0 Å². The summed E-state index contributed by atoms with van der Waals surface area (Å²) in [7, 11) is 0. The number of allylic oxidation sites excluding steroid dienone is 2. The van der Waals surface area contributed by atoms with E-state index in [9.17, 15) is 0 Å². The molecular weight excluding hydrogens is 460 g/mol. The minimum Gasteiger partial charge on any atom is -0.369 e. The minimum atomic E-state index is -0.0607. The van der Waals surface area contributed by atoms with Crippen molar-refractivity contribution < 1.29 is 4.24 Å². The first-order valence-electron chi connectivity index (χ1n) is 13.8. The van der Waals surface area contributed by atoms with Gasteiger partial charge < -0.3 is 5.32 Å². The summed E-state index contributed by atoms with van der Waals surface area (Å²) in [5.74, 6) is 0.817. The smallest absolute Gasteiger partial charge is 0.218 e. The van der Waals surface area contributed by atoms with Gasteiger partial charge in [0, 0.05) is 17.8 Å². The summed E-state index contributed by atoms with van der Waals surface area (Å²) in [5.41, 5.74) is 11.5. The van der Waals surface area contributed by atoms with Crippen LogP contribution in [0.25, 0.3) is 5.57 Å². The van der Waals surface area contributed by atoms with E-state index in [1.54, 1.807) is 0 Å². The standard InChI is InChI=1S/C36H39N2/c1-24(2)28-19-12-20-29(25(3)4)35(28)37-36(30-17-9-7-14-26(30)5)34-23-13-22-33(38(34)6)32-21-11-16-27-15-8-10-18-31(27)32/h7-15,17-25,36-37H,6,16H2,1-5H3/q+1/b33-32+. The normalized spacial score (nSPS) is 15.0. The summed E-state index contributed by atoms with van der Waals surface area (Å²) in [4.78, 5) is 0. The van der Waals surface area contributed by atoms with Crippen LogP contribution >= 0.6 is 0 Å². The molecule has 2 heteroatoms. The predicted octanol–water partition coefficient (Wildman–Crippen LogP) is 7.68. The molecule has 3 aromatic carbocycles. The largest absolute Gasteiger partial charge is 0.369 e. The Bertz CT molecular complexity index is 1580. The first-order valence-corrected chi connectivity index (χ1v) is 13.8. The summed E-state index contributed by atoms with van der Waals surface area (Å²) in [6, 6.07) is 30.7. The Morgan fingerprint density at radius 3 is 2.08 bits per heavy atom. The molecule has 1 N–H and O–H groups in total. The lowest BCUT2D eigenvalue weighted by molar-refractivity contribution is -0.524. The number of hydrogen-bond donors (Lipinski definition) is 1. The lowest BCUT2D eigenvalue weighted by Gasteiger charge is -2.26. The number of aryl methyl sites for hydroxylation is 1. The average Bonchev–Trinajstić information content (AvgIpc) is 2.92. The highest BCUT2D eigenvalue weighted by atomic mass is 15.0. The van der Waals surface area contributed by atoms with E-state index in [-0.39, 0.29) is 6.04 Å². The third-order valence-corrected chi connectivity index (χ3v) is 7.79. The van der Waals surface area contributed by atoms with Crippen LogP contribution in [-0.4, -0.2) is 0 Å². The van der Waals surface area contributed by atoms with Crippen molar-refractivity contribution in [2.45, 2.75) is 58.9 Å². The molecule has 4 aromatic rings. The molecule has 1 aromatic heterocycles. The molecule has 2 nitrogen and oxygen atoms in total. The van der Waals surface area contributed by atoms with Gasteiger partial charge in [-0.25, -0.2) is 0 Å². The van der Waals surface area contributed by atoms with Crippen molar-refractivity contribution in [3.05, 3.63) is 148 Å². The van der Waals surface area contributed by atoms with Crippen LogP contribution in [0.3, 0.4) is 0 Å². The maximum Gasteiger partial charge on any atom is 0.218 e. The summed E-state index contributed by atoms with van der Waals surface area (Å²) < 4.78 is 2.14. The topological polar surface area (TPSA) is 17.9 Å². The molecule has 1 heterocycles. The molecule has 0 saturated carbocycles. The molecule has 0 saturated heterocycles. The van der Waals surface area contributed by atoms with Gasteiger partial charge in [-0.3, -0.25) is 0 Å². The van der Waals surface area contributed by atoms with Crippen molar-refractivity contribution in [3.8, 4) is 0 Å². The monoisotopic (exact) mass is 499 g/mol. The predicted molar refractivity (Wildman–Crippen MR) is 160 cm³/mol. The van der Waals surface area contributed by atoms with Gasteiger partial charge in [-0.2, -0.15) is 4.24 Å². The fraction of sp³-hybridized carbons (Fsp3) is 0.250. The molecule has 5 rings (SSSR count). The number of anilines is 1. The van der Waals surface area contributed by atoms with Crippen LogP contribution in [0.1, 0.15) is 84.6 Å². The van der Waals surface area contributed by atoms with E-state index in [1.807, 2.05) is 0 Å². The molecule has 1 unspecified atom stereocenters. The number of benzene rings is 3. The third kappa shape index (κ3) is 4.84. The number of aromatic nitrogens is 1. The third-order valence-electron chi connectivity index (χ3n) is 7.79. The van der Waals surface area contributed by atoms with Crippen LogP contribution in [0.15, 0.2) is 97.1 Å². The zero-order valence-electron chi connectivity index (χ0n) is 23.3. The highest BCUT2D eigenvalue weighted by Gasteiger charge is 2.27. The van der Waals surface area contributed by atoms with Gasteiger partial charge in [0.1, 0.15) is 12.8 Å². The molecule has 0 bridgehead atoms. The zero-order valence-corrected chi connectivity index (χ0v) is 23.3. The summed E-state index contributed by atoms with van der Waals surface area (Å²) in [6.45, 7) is 15.9. The van der Waals surface area contributed by atoms with Crippen molar-refractivity contribution in [2.24, 2.45) is 0 Å². The fourth-order valence-electron chi connectivity index (χ4n) is 5.71. The maximum absolute atomic E-state index is 4.62. The number of nitrogens with zero attached hydrogens (tertiary/aromatic N) is 1. The van der Waals surface area contributed by atoms with Crippen molar-refractivity contribution in [1.29, 1.82) is 0 Å². The molecule has 38 heavy (non-hydrogen) atoms. The maximum atomic E-state index is 4.62. The number of nitrogens with one attached hydrogen (secondary N) is 1. The van der Waals surface area contributed by atoms with E-state index in [0.29, 0.717) is 11.8 Å². The number of rotatable bonds is 6. The number of fused-ring (bicyclic) bond motifs is 1. The minimum absolute atomic E-state index is 0.0607. The molecule has 0 spiro atoms. The fourth-order valence-corrected chi connectivity index (χ4v) is 5.71. The molecule has 0 radical (unpaired) electrons. The molecule has 0 fully saturated rings. The SMILES string of the molecule is C=[n+]1c(C(Nc2c(C(C)C)cccc2C(C)C)c2ccccc2C)ccc/c1=C1/C=CCc2ccccc21. The summed E-state index contributed by atoms with van der Waals surface area (Å²) in [5, 5.41) is 5.17. The number of pyridine rings is 1. The highest BCUT2D eigenvalue weighted by molar-refractivity contribution is 5.76. The van der Waals surface area contributed by atoms with Gasteiger partial charge in [0.15, 0.2) is 0 Å². The summed E-state index contributed by atoms with van der Waals surface area (Å²) >= 11 is 0. The quantitative estimate of drug-likeness (QED) is 0.269.